The van der Waals surface area contributed by atoms with Gasteiger partial charge in [-0.05, 0) is 18.4 Å². The predicted molar refractivity (Wildman–Crippen MR) is 67.0 cm³/mol. The third kappa shape index (κ3) is 2.01. The Bertz CT molecular complexity index is 548. The highest BCUT2D eigenvalue weighted by Crippen LogP contribution is 2.22. The fourth-order valence-corrected chi connectivity index (χ4v) is 2.01. The largest absolute Gasteiger partial charge is 0.260 e. The molecule has 1 aliphatic carbocycles. The SMILES string of the molecule is c1ccc2c(c1)CC/C2=N/Nc1cnccn1. The first-order chi connectivity index (χ1) is 8.43. The maximum atomic E-state index is 4.40. The predicted octanol–water partition coefficient (Wildman–Crippen LogP) is 2.24. The second-order valence-corrected chi connectivity index (χ2v) is 3.92. The van der Waals surface area contributed by atoms with Gasteiger partial charge in [0.1, 0.15) is 0 Å². The molecule has 0 bridgehead atoms. The first-order valence-electron chi connectivity index (χ1n) is 5.60. The van der Waals surface area contributed by atoms with Crippen LogP contribution < -0.4 is 5.43 Å². The summed E-state index contributed by atoms with van der Waals surface area (Å²) in [7, 11) is 0. The zero-order valence-corrected chi connectivity index (χ0v) is 9.30. The normalized spacial score (nSPS) is 15.9. The summed E-state index contributed by atoms with van der Waals surface area (Å²) in [6.07, 6.45) is 6.99. The quantitative estimate of drug-likeness (QED) is 0.796. The van der Waals surface area contributed by atoms with Crippen LogP contribution in [-0.4, -0.2) is 15.7 Å². The molecule has 0 spiro atoms. The van der Waals surface area contributed by atoms with Gasteiger partial charge in [-0.25, -0.2) is 4.98 Å². The van der Waals surface area contributed by atoms with Crippen molar-refractivity contribution >= 4 is 11.5 Å². The average Bonchev–Trinajstić information content (AvgIpc) is 2.81. The van der Waals surface area contributed by atoms with Crippen molar-refractivity contribution in [3.8, 4) is 0 Å². The molecule has 0 atom stereocenters. The molecule has 0 saturated heterocycles. The molecular formula is C13H12N4. The van der Waals surface area contributed by atoms with Gasteiger partial charge in [-0.15, -0.1) is 0 Å². The number of aromatic nitrogens is 2. The monoisotopic (exact) mass is 224 g/mol. The Kier molecular flexibility index (Phi) is 2.54. The van der Waals surface area contributed by atoms with Crippen molar-refractivity contribution in [2.45, 2.75) is 12.8 Å². The molecule has 4 nitrogen and oxygen atoms in total. The molecule has 1 aliphatic rings. The van der Waals surface area contributed by atoms with Crippen LogP contribution in [0.1, 0.15) is 17.5 Å². The van der Waals surface area contributed by atoms with E-state index < -0.39 is 0 Å². The highest BCUT2D eigenvalue weighted by Gasteiger charge is 2.16. The molecule has 0 amide bonds. The molecule has 0 saturated carbocycles. The van der Waals surface area contributed by atoms with Crippen molar-refractivity contribution in [3.63, 3.8) is 0 Å². The van der Waals surface area contributed by atoms with Crippen LogP contribution in [-0.2, 0) is 6.42 Å². The molecule has 0 radical (unpaired) electrons. The van der Waals surface area contributed by atoms with E-state index in [1.807, 2.05) is 6.07 Å². The van der Waals surface area contributed by atoms with Crippen LogP contribution in [0, 0.1) is 0 Å². The van der Waals surface area contributed by atoms with E-state index in [2.05, 4.69) is 38.7 Å². The number of aryl methyl sites for hydroxylation is 1. The molecule has 1 heterocycles. The third-order valence-electron chi connectivity index (χ3n) is 2.83. The average molecular weight is 224 g/mol. The number of anilines is 1. The minimum atomic E-state index is 0.671. The lowest BCUT2D eigenvalue weighted by Crippen LogP contribution is -2.00. The molecule has 17 heavy (non-hydrogen) atoms. The van der Waals surface area contributed by atoms with Gasteiger partial charge in [0.05, 0.1) is 11.9 Å². The molecule has 2 aromatic rings. The van der Waals surface area contributed by atoms with Crippen LogP contribution >= 0.6 is 0 Å². The second kappa shape index (κ2) is 4.33. The lowest BCUT2D eigenvalue weighted by molar-refractivity contribution is 1.08. The van der Waals surface area contributed by atoms with E-state index in [9.17, 15) is 0 Å². The van der Waals surface area contributed by atoms with Gasteiger partial charge >= 0.3 is 0 Å². The van der Waals surface area contributed by atoms with Gasteiger partial charge in [0.25, 0.3) is 0 Å². The maximum Gasteiger partial charge on any atom is 0.164 e. The van der Waals surface area contributed by atoms with Crippen LogP contribution in [0.2, 0.25) is 0 Å². The van der Waals surface area contributed by atoms with Crippen LogP contribution in [0.25, 0.3) is 0 Å². The van der Waals surface area contributed by atoms with E-state index >= 15 is 0 Å². The van der Waals surface area contributed by atoms with Crippen LogP contribution in [0.3, 0.4) is 0 Å². The summed E-state index contributed by atoms with van der Waals surface area (Å²) in [6, 6.07) is 8.37. The minimum Gasteiger partial charge on any atom is -0.260 e. The summed E-state index contributed by atoms with van der Waals surface area (Å²) in [5.74, 6) is 0.671. The Balaban J connectivity index is 1.83. The molecule has 4 heteroatoms. The zero-order valence-electron chi connectivity index (χ0n) is 9.30. The Morgan fingerprint density at radius 3 is 2.94 bits per heavy atom. The number of benzene rings is 1. The number of nitrogens with zero attached hydrogens (tertiary/aromatic N) is 3. The van der Waals surface area contributed by atoms with Crippen molar-refractivity contribution in [2.75, 3.05) is 5.43 Å². The number of hydrogen-bond donors (Lipinski definition) is 1. The van der Waals surface area contributed by atoms with Crippen LogP contribution in [0.4, 0.5) is 5.82 Å². The van der Waals surface area contributed by atoms with Crippen molar-refractivity contribution in [2.24, 2.45) is 5.10 Å². The van der Waals surface area contributed by atoms with Crippen LogP contribution in [0.5, 0.6) is 0 Å². The molecule has 0 aliphatic heterocycles. The van der Waals surface area contributed by atoms with E-state index in [1.165, 1.54) is 11.1 Å². The molecule has 0 unspecified atom stereocenters. The summed E-state index contributed by atoms with van der Waals surface area (Å²) >= 11 is 0. The topological polar surface area (TPSA) is 50.2 Å². The van der Waals surface area contributed by atoms with E-state index in [1.54, 1.807) is 18.6 Å². The van der Waals surface area contributed by atoms with Crippen LogP contribution in [0.15, 0.2) is 48.0 Å². The van der Waals surface area contributed by atoms with Gasteiger partial charge in [-0.1, -0.05) is 24.3 Å². The number of fused-ring (bicyclic) bond motifs is 1. The number of nitrogens with one attached hydrogen (secondary N) is 1. The number of hydrogen-bond acceptors (Lipinski definition) is 4. The maximum absolute atomic E-state index is 4.40. The lowest BCUT2D eigenvalue weighted by atomic mass is 10.1. The van der Waals surface area contributed by atoms with E-state index in [0.29, 0.717) is 5.82 Å². The fourth-order valence-electron chi connectivity index (χ4n) is 2.01. The highest BCUT2D eigenvalue weighted by atomic mass is 15.3. The Morgan fingerprint density at radius 1 is 1.12 bits per heavy atom. The summed E-state index contributed by atoms with van der Waals surface area (Å²) in [5.41, 5.74) is 6.64. The van der Waals surface area contributed by atoms with Crippen molar-refractivity contribution in [3.05, 3.63) is 54.0 Å². The first kappa shape index (κ1) is 9.96. The highest BCUT2D eigenvalue weighted by molar-refractivity contribution is 6.04. The molecule has 1 aromatic carbocycles. The third-order valence-corrected chi connectivity index (χ3v) is 2.83. The molecule has 1 N–H and O–H groups in total. The lowest BCUT2D eigenvalue weighted by Gasteiger charge is -2.01. The van der Waals surface area contributed by atoms with E-state index in [-0.39, 0.29) is 0 Å². The second-order valence-electron chi connectivity index (χ2n) is 3.92. The van der Waals surface area contributed by atoms with E-state index in [0.717, 1.165) is 18.6 Å². The molecule has 3 rings (SSSR count). The van der Waals surface area contributed by atoms with Crippen molar-refractivity contribution in [1.82, 2.24) is 9.97 Å². The van der Waals surface area contributed by atoms with Crippen molar-refractivity contribution in [1.29, 1.82) is 0 Å². The molecule has 84 valence electrons. The van der Waals surface area contributed by atoms with Gasteiger partial charge in [-0.3, -0.25) is 10.4 Å². The Hall–Kier alpha value is -2.23. The van der Waals surface area contributed by atoms with Gasteiger partial charge in [0.15, 0.2) is 5.82 Å². The zero-order chi connectivity index (χ0) is 11.5. The Morgan fingerprint density at radius 2 is 2.06 bits per heavy atom. The van der Waals surface area contributed by atoms with Gasteiger partial charge in [0, 0.05) is 18.0 Å². The van der Waals surface area contributed by atoms with Gasteiger partial charge in [0.2, 0.25) is 0 Å². The summed E-state index contributed by atoms with van der Waals surface area (Å²) < 4.78 is 0. The summed E-state index contributed by atoms with van der Waals surface area (Å²) in [5, 5.41) is 4.40. The van der Waals surface area contributed by atoms with Crippen molar-refractivity contribution < 1.29 is 0 Å². The number of hydrazone groups is 1. The Labute approximate surface area is 99.4 Å². The molecule has 0 fully saturated rings. The molecular weight excluding hydrogens is 212 g/mol. The summed E-state index contributed by atoms with van der Waals surface area (Å²) in [6.45, 7) is 0. The smallest absolute Gasteiger partial charge is 0.164 e. The van der Waals surface area contributed by atoms with E-state index in [4.69, 9.17) is 0 Å². The van der Waals surface area contributed by atoms with Gasteiger partial charge in [-0.2, -0.15) is 5.10 Å². The minimum absolute atomic E-state index is 0.671. The first-order valence-corrected chi connectivity index (χ1v) is 5.60. The standard InChI is InChI=1S/C13H12N4/c1-2-4-11-10(3-1)5-6-12(11)16-17-13-9-14-7-8-15-13/h1-4,7-9H,5-6H2,(H,15,17)/b16-12-. The number of rotatable bonds is 2. The summed E-state index contributed by atoms with van der Waals surface area (Å²) in [4.78, 5) is 8.09. The molecule has 1 aromatic heterocycles. The van der Waals surface area contributed by atoms with Gasteiger partial charge < -0.3 is 0 Å². The fraction of sp³-hybridized carbons (Fsp3) is 0.154.